The molecule has 104 valence electrons. The smallest absolute Gasteiger partial charge is 0.119 e. The summed E-state index contributed by atoms with van der Waals surface area (Å²) in [5, 5.41) is 0. The molecule has 1 atom stereocenters. The van der Waals surface area contributed by atoms with Crippen molar-refractivity contribution in [3.05, 3.63) is 65.2 Å². The van der Waals surface area contributed by atoms with E-state index in [2.05, 4.69) is 36.4 Å². The fourth-order valence-corrected chi connectivity index (χ4v) is 3.16. The van der Waals surface area contributed by atoms with Crippen molar-refractivity contribution in [2.45, 2.75) is 31.2 Å². The average molecular weight is 267 g/mol. The predicted molar refractivity (Wildman–Crippen MR) is 82.1 cm³/mol. The van der Waals surface area contributed by atoms with E-state index < -0.39 is 0 Å². The third kappa shape index (κ3) is 2.70. The molecule has 0 saturated carbocycles. The molecule has 0 radical (unpaired) electrons. The zero-order chi connectivity index (χ0) is 14.0. The molecule has 1 aliphatic rings. The number of hydrogen-bond acceptors (Lipinski definition) is 2. The van der Waals surface area contributed by atoms with Crippen LogP contribution in [0.1, 0.15) is 23.1 Å². The van der Waals surface area contributed by atoms with Crippen molar-refractivity contribution >= 4 is 0 Å². The summed E-state index contributed by atoms with van der Waals surface area (Å²) in [5.41, 5.74) is 10.6. The molecule has 20 heavy (non-hydrogen) atoms. The SMILES string of the molecule is COc1cccc(CC2(N)CCc3ccccc3C2)c1. The number of aryl methyl sites for hydroxylation is 1. The maximum atomic E-state index is 6.66. The maximum absolute atomic E-state index is 6.66. The highest BCUT2D eigenvalue weighted by atomic mass is 16.5. The molecule has 0 saturated heterocycles. The van der Waals surface area contributed by atoms with Crippen LogP contribution >= 0.6 is 0 Å². The first-order valence-electron chi connectivity index (χ1n) is 7.17. The van der Waals surface area contributed by atoms with Crippen LogP contribution in [-0.4, -0.2) is 12.6 Å². The van der Waals surface area contributed by atoms with Gasteiger partial charge in [0, 0.05) is 5.54 Å². The van der Waals surface area contributed by atoms with Crippen molar-refractivity contribution in [1.29, 1.82) is 0 Å². The van der Waals surface area contributed by atoms with Crippen LogP contribution in [-0.2, 0) is 19.3 Å². The number of benzene rings is 2. The van der Waals surface area contributed by atoms with E-state index in [-0.39, 0.29) is 5.54 Å². The number of nitrogens with two attached hydrogens (primary N) is 1. The van der Waals surface area contributed by atoms with Crippen LogP contribution in [0.3, 0.4) is 0 Å². The van der Waals surface area contributed by atoms with Crippen molar-refractivity contribution in [1.82, 2.24) is 0 Å². The standard InChI is InChI=1S/C18H21NO/c1-20-17-8-4-5-14(11-17)12-18(19)10-9-15-6-2-3-7-16(15)13-18/h2-8,11H,9-10,12-13,19H2,1H3. The molecule has 0 bridgehead atoms. The summed E-state index contributed by atoms with van der Waals surface area (Å²) >= 11 is 0. The molecular formula is C18H21NO. The molecule has 2 aromatic rings. The Bertz CT molecular complexity index is 608. The molecule has 0 fully saturated rings. The third-order valence-electron chi connectivity index (χ3n) is 4.24. The third-order valence-corrected chi connectivity index (χ3v) is 4.24. The van der Waals surface area contributed by atoms with Crippen molar-refractivity contribution in [2.24, 2.45) is 5.73 Å². The summed E-state index contributed by atoms with van der Waals surface area (Å²) in [6, 6.07) is 16.9. The van der Waals surface area contributed by atoms with Gasteiger partial charge < -0.3 is 10.5 Å². The van der Waals surface area contributed by atoms with E-state index >= 15 is 0 Å². The molecule has 0 amide bonds. The Morgan fingerprint density at radius 1 is 1.10 bits per heavy atom. The Balaban J connectivity index is 1.80. The zero-order valence-corrected chi connectivity index (χ0v) is 11.9. The highest BCUT2D eigenvalue weighted by molar-refractivity contribution is 5.35. The van der Waals surface area contributed by atoms with Crippen molar-refractivity contribution in [3.8, 4) is 5.75 Å². The number of methoxy groups -OCH3 is 1. The van der Waals surface area contributed by atoms with E-state index in [4.69, 9.17) is 10.5 Å². The van der Waals surface area contributed by atoms with Gasteiger partial charge in [0.1, 0.15) is 5.75 Å². The number of rotatable bonds is 3. The topological polar surface area (TPSA) is 35.2 Å². The fraction of sp³-hybridized carbons (Fsp3) is 0.333. The Morgan fingerprint density at radius 2 is 1.90 bits per heavy atom. The van der Waals surface area contributed by atoms with Gasteiger partial charge >= 0.3 is 0 Å². The normalized spacial score (nSPS) is 21.3. The van der Waals surface area contributed by atoms with Crippen LogP contribution < -0.4 is 10.5 Å². The molecule has 3 rings (SSSR count). The minimum absolute atomic E-state index is 0.138. The van der Waals surface area contributed by atoms with Crippen LogP contribution in [0, 0.1) is 0 Å². The molecule has 2 N–H and O–H groups in total. The monoisotopic (exact) mass is 267 g/mol. The summed E-state index contributed by atoms with van der Waals surface area (Å²) in [6.45, 7) is 0. The molecule has 0 aromatic heterocycles. The molecule has 2 heteroatoms. The molecule has 0 heterocycles. The van der Waals surface area contributed by atoms with E-state index in [0.717, 1.165) is 31.4 Å². The van der Waals surface area contributed by atoms with Gasteiger partial charge in [0.05, 0.1) is 7.11 Å². The predicted octanol–water partition coefficient (Wildman–Crippen LogP) is 3.12. The van der Waals surface area contributed by atoms with Gasteiger partial charge in [0.25, 0.3) is 0 Å². The lowest BCUT2D eigenvalue weighted by Gasteiger charge is -2.35. The van der Waals surface area contributed by atoms with Crippen LogP contribution in [0.15, 0.2) is 48.5 Å². The second kappa shape index (κ2) is 5.29. The highest BCUT2D eigenvalue weighted by Crippen LogP contribution is 2.30. The quantitative estimate of drug-likeness (QED) is 0.927. The molecule has 1 aliphatic carbocycles. The second-order valence-electron chi connectivity index (χ2n) is 5.84. The first-order chi connectivity index (χ1) is 9.68. The minimum atomic E-state index is -0.138. The van der Waals surface area contributed by atoms with E-state index in [0.29, 0.717) is 0 Å². The minimum Gasteiger partial charge on any atom is -0.497 e. The summed E-state index contributed by atoms with van der Waals surface area (Å²) < 4.78 is 5.29. The van der Waals surface area contributed by atoms with E-state index in [9.17, 15) is 0 Å². The first-order valence-corrected chi connectivity index (χ1v) is 7.17. The van der Waals surface area contributed by atoms with E-state index in [1.807, 2.05) is 12.1 Å². The lowest BCUT2D eigenvalue weighted by molar-refractivity contribution is 0.367. The largest absolute Gasteiger partial charge is 0.497 e. The molecule has 2 nitrogen and oxygen atoms in total. The average Bonchev–Trinajstić information content (AvgIpc) is 2.47. The Kier molecular flexibility index (Phi) is 3.49. The number of hydrogen-bond donors (Lipinski definition) is 1. The van der Waals surface area contributed by atoms with Crippen molar-refractivity contribution < 1.29 is 4.74 Å². The Hall–Kier alpha value is -1.80. The number of fused-ring (bicyclic) bond motifs is 1. The van der Waals surface area contributed by atoms with Gasteiger partial charge in [0.15, 0.2) is 0 Å². The molecule has 0 spiro atoms. The van der Waals surface area contributed by atoms with E-state index in [1.165, 1.54) is 16.7 Å². The van der Waals surface area contributed by atoms with Gasteiger partial charge in [-0.15, -0.1) is 0 Å². The van der Waals surface area contributed by atoms with Gasteiger partial charge in [-0.2, -0.15) is 0 Å². The van der Waals surface area contributed by atoms with Crippen molar-refractivity contribution in [3.63, 3.8) is 0 Å². The van der Waals surface area contributed by atoms with Crippen molar-refractivity contribution in [2.75, 3.05) is 7.11 Å². The lowest BCUT2D eigenvalue weighted by Crippen LogP contribution is -2.47. The fourth-order valence-electron chi connectivity index (χ4n) is 3.16. The van der Waals surface area contributed by atoms with Crippen LogP contribution in [0.25, 0.3) is 0 Å². The lowest BCUT2D eigenvalue weighted by atomic mass is 9.75. The van der Waals surface area contributed by atoms with Gasteiger partial charge in [-0.25, -0.2) is 0 Å². The Morgan fingerprint density at radius 3 is 2.70 bits per heavy atom. The highest BCUT2D eigenvalue weighted by Gasteiger charge is 2.30. The summed E-state index contributed by atoms with van der Waals surface area (Å²) in [6.07, 6.45) is 3.98. The molecule has 1 unspecified atom stereocenters. The van der Waals surface area contributed by atoms with Gasteiger partial charge in [-0.05, 0) is 54.5 Å². The van der Waals surface area contributed by atoms with E-state index in [1.54, 1.807) is 7.11 Å². The molecule has 2 aromatic carbocycles. The second-order valence-corrected chi connectivity index (χ2v) is 5.84. The van der Waals surface area contributed by atoms with Crippen LogP contribution in [0.2, 0.25) is 0 Å². The number of ether oxygens (including phenoxy) is 1. The van der Waals surface area contributed by atoms with Gasteiger partial charge in [-0.1, -0.05) is 36.4 Å². The Labute approximate surface area is 120 Å². The van der Waals surface area contributed by atoms with Crippen LogP contribution in [0.5, 0.6) is 5.75 Å². The zero-order valence-electron chi connectivity index (χ0n) is 11.9. The van der Waals surface area contributed by atoms with Crippen LogP contribution in [0.4, 0.5) is 0 Å². The van der Waals surface area contributed by atoms with Gasteiger partial charge in [0.2, 0.25) is 0 Å². The summed E-state index contributed by atoms with van der Waals surface area (Å²) in [7, 11) is 1.70. The van der Waals surface area contributed by atoms with Gasteiger partial charge in [-0.3, -0.25) is 0 Å². The first kappa shape index (κ1) is 13.2. The summed E-state index contributed by atoms with van der Waals surface area (Å²) in [4.78, 5) is 0. The summed E-state index contributed by atoms with van der Waals surface area (Å²) in [5.74, 6) is 0.905. The molecule has 0 aliphatic heterocycles. The maximum Gasteiger partial charge on any atom is 0.119 e. The molecular weight excluding hydrogens is 246 g/mol.